The Bertz CT molecular complexity index is 999. The Morgan fingerprint density at radius 1 is 1.04 bits per heavy atom. The van der Waals surface area contributed by atoms with Crippen molar-refractivity contribution in [1.82, 2.24) is 14.9 Å². The van der Waals surface area contributed by atoms with Gasteiger partial charge in [-0.2, -0.15) is 13.2 Å². The van der Waals surface area contributed by atoms with Crippen LogP contribution in [0, 0.1) is 0 Å². The number of amides is 1. The molecule has 1 amide bonds. The Hall–Kier alpha value is -2.96. The number of aromatic nitrogens is 2. The molecule has 138 valence electrons. The zero-order valence-corrected chi connectivity index (χ0v) is 14.3. The third-order valence-corrected chi connectivity index (χ3v) is 4.58. The van der Waals surface area contributed by atoms with E-state index in [1.807, 2.05) is 6.07 Å². The molecular formula is C20H16F3N3O. The van der Waals surface area contributed by atoms with Gasteiger partial charge in [0.2, 0.25) is 0 Å². The van der Waals surface area contributed by atoms with Crippen molar-refractivity contribution < 1.29 is 18.0 Å². The molecule has 0 unspecified atom stereocenters. The average molecular weight is 371 g/mol. The van der Waals surface area contributed by atoms with E-state index in [-0.39, 0.29) is 23.8 Å². The first-order valence-electron chi connectivity index (χ1n) is 8.61. The molecule has 0 aliphatic heterocycles. The number of rotatable bonds is 4. The molecule has 0 saturated heterocycles. The standard InChI is InChI=1S/C20H16F3N3O/c21-20(22,23)15-6-2-1-5-13(15)12-26(14-9-10-14)19(27)18-11-24-16-7-3-4-8-17(16)25-18/h1-8,11,14H,9-10,12H2. The quantitative estimate of drug-likeness (QED) is 0.681. The molecule has 1 fully saturated rings. The number of alkyl halides is 3. The third kappa shape index (κ3) is 3.63. The van der Waals surface area contributed by atoms with Crippen LogP contribution >= 0.6 is 0 Å². The van der Waals surface area contributed by atoms with E-state index in [0.717, 1.165) is 18.9 Å². The summed E-state index contributed by atoms with van der Waals surface area (Å²) in [7, 11) is 0. The summed E-state index contributed by atoms with van der Waals surface area (Å²) in [6.07, 6.45) is -1.52. The smallest absolute Gasteiger partial charge is 0.330 e. The van der Waals surface area contributed by atoms with Crippen molar-refractivity contribution in [2.75, 3.05) is 0 Å². The first-order chi connectivity index (χ1) is 12.9. The van der Waals surface area contributed by atoms with Crippen LogP contribution in [0.2, 0.25) is 0 Å². The molecule has 1 aliphatic rings. The number of carbonyl (C=O) groups is 1. The molecule has 0 bridgehead atoms. The molecule has 4 nitrogen and oxygen atoms in total. The first-order valence-corrected chi connectivity index (χ1v) is 8.61. The van der Waals surface area contributed by atoms with Crippen molar-refractivity contribution in [1.29, 1.82) is 0 Å². The van der Waals surface area contributed by atoms with Crippen LogP contribution in [-0.4, -0.2) is 26.8 Å². The SMILES string of the molecule is O=C(c1cnc2ccccc2n1)N(Cc1ccccc1C(F)(F)F)C1CC1. The van der Waals surface area contributed by atoms with Crippen LogP contribution in [-0.2, 0) is 12.7 Å². The van der Waals surface area contributed by atoms with E-state index in [9.17, 15) is 18.0 Å². The Balaban J connectivity index is 1.66. The summed E-state index contributed by atoms with van der Waals surface area (Å²) in [5, 5.41) is 0. The van der Waals surface area contributed by atoms with Crippen LogP contribution in [0.1, 0.15) is 34.5 Å². The molecule has 0 atom stereocenters. The lowest BCUT2D eigenvalue weighted by Gasteiger charge is -2.24. The van der Waals surface area contributed by atoms with Gasteiger partial charge >= 0.3 is 6.18 Å². The second-order valence-corrected chi connectivity index (χ2v) is 6.56. The number of hydrogen-bond acceptors (Lipinski definition) is 3. The Morgan fingerprint density at radius 2 is 1.70 bits per heavy atom. The lowest BCUT2D eigenvalue weighted by molar-refractivity contribution is -0.138. The zero-order chi connectivity index (χ0) is 19.0. The van der Waals surface area contributed by atoms with Gasteiger partial charge in [0.05, 0.1) is 22.8 Å². The van der Waals surface area contributed by atoms with Gasteiger partial charge in [0.15, 0.2) is 0 Å². The van der Waals surface area contributed by atoms with Crippen LogP contribution < -0.4 is 0 Å². The average Bonchev–Trinajstić information content (AvgIpc) is 3.50. The van der Waals surface area contributed by atoms with Gasteiger partial charge in [0.25, 0.3) is 5.91 Å². The number of halogens is 3. The highest BCUT2D eigenvalue weighted by atomic mass is 19.4. The number of hydrogen-bond donors (Lipinski definition) is 0. The largest absolute Gasteiger partial charge is 0.416 e. The summed E-state index contributed by atoms with van der Waals surface area (Å²) in [6, 6.07) is 12.5. The lowest BCUT2D eigenvalue weighted by atomic mass is 10.1. The molecule has 1 saturated carbocycles. The third-order valence-electron chi connectivity index (χ3n) is 4.58. The second kappa shape index (κ2) is 6.64. The number of para-hydroxylation sites is 2. The monoisotopic (exact) mass is 371 g/mol. The van der Waals surface area contributed by atoms with E-state index in [1.165, 1.54) is 23.2 Å². The van der Waals surface area contributed by atoms with Crippen LogP contribution in [0.15, 0.2) is 54.7 Å². The Morgan fingerprint density at radius 3 is 2.41 bits per heavy atom. The predicted molar refractivity (Wildman–Crippen MR) is 93.9 cm³/mol. The fraction of sp³-hybridized carbons (Fsp3) is 0.250. The molecule has 1 aliphatic carbocycles. The number of carbonyl (C=O) groups excluding carboxylic acids is 1. The number of benzene rings is 2. The molecule has 1 aromatic heterocycles. The molecule has 2 aromatic carbocycles. The number of fused-ring (bicyclic) bond motifs is 1. The fourth-order valence-electron chi connectivity index (χ4n) is 3.08. The van der Waals surface area contributed by atoms with Crippen molar-refractivity contribution in [2.45, 2.75) is 31.6 Å². The van der Waals surface area contributed by atoms with Crippen molar-refractivity contribution >= 4 is 16.9 Å². The van der Waals surface area contributed by atoms with Gasteiger partial charge in [-0.25, -0.2) is 4.98 Å². The molecule has 0 radical (unpaired) electrons. The molecule has 0 spiro atoms. The predicted octanol–water partition coefficient (Wildman–Crippen LogP) is 4.45. The van der Waals surface area contributed by atoms with E-state index in [1.54, 1.807) is 24.3 Å². The van der Waals surface area contributed by atoms with Gasteiger partial charge in [-0.3, -0.25) is 9.78 Å². The molecule has 7 heteroatoms. The summed E-state index contributed by atoms with van der Waals surface area (Å²) < 4.78 is 39.9. The highest BCUT2D eigenvalue weighted by molar-refractivity contribution is 5.94. The Labute approximate surface area is 153 Å². The maximum atomic E-state index is 13.3. The van der Waals surface area contributed by atoms with Gasteiger partial charge in [-0.1, -0.05) is 30.3 Å². The first kappa shape index (κ1) is 17.5. The Kier molecular flexibility index (Phi) is 4.30. The zero-order valence-electron chi connectivity index (χ0n) is 14.3. The van der Waals surface area contributed by atoms with E-state index >= 15 is 0 Å². The van der Waals surface area contributed by atoms with Crippen molar-refractivity contribution in [3.05, 3.63) is 71.5 Å². The van der Waals surface area contributed by atoms with Gasteiger partial charge in [-0.05, 0) is 36.6 Å². The fourth-order valence-corrected chi connectivity index (χ4v) is 3.08. The van der Waals surface area contributed by atoms with Crippen LogP contribution in [0.25, 0.3) is 11.0 Å². The number of nitrogens with zero attached hydrogens (tertiary/aromatic N) is 3. The van der Waals surface area contributed by atoms with Gasteiger partial charge in [-0.15, -0.1) is 0 Å². The van der Waals surface area contributed by atoms with Crippen molar-refractivity contribution in [3.63, 3.8) is 0 Å². The molecular weight excluding hydrogens is 355 g/mol. The summed E-state index contributed by atoms with van der Waals surface area (Å²) >= 11 is 0. The summed E-state index contributed by atoms with van der Waals surface area (Å²) in [5.41, 5.74) is 0.751. The van der Waals surface area contributed by atoms with E-state index in [4.69, 9.17) is 0 Å². The maximum Gasteiger partial charge on any atom is 0.416 e. The minimum atomic E-state index is -4.46. The topological polar surface area (TPSA) is 46.1 Å². The molecule has 1 heterocycles. The molecule has 27 heavy (non-hydrogen) atoms. The molecule has 0 N–H and O–H groups in total. The summed E-state index contributed by atoms with van der Waals surface area (Å²) in [4.78, 5) is 23.0. The van der Waals surface area contributed by atoms with Gasteiger partial charge in [0.1, 0.15) is 5.69 Å². The maximum absolute atomic E-state index is 13.3. The van der Waals surface area contributed by atoms with E-state index < -0.39 is 17.6 Å². The van der Waals surface area contributed by atoms with Crippen LogP contribution in [0.3, 0.4) is 0 Å². The van der Waals surface area contributed by atoms with Crippen molar-refractivity contribution in [2.24, 2.45) is 0 Å². The van der Waals surface area contributed by atoms with Gasteiger partial charge < -0.3 is 4.90 Å². The lowest BCUT2D eigenvalue weighted by Crippen LogP contribution is -2.34. The van der Waals surface area contributed by atoms with E-state index in [0.29, 0.717) is 11.0 Å². The van der Waals surface area contributed by atoms with E-state index in [2.05, 4.69) is 9.97 Å². The van der Waals surface area contributed by atoms with Gasteiger partial charge in [0, 0.05) is 12.6 Å². The summed E-state index contributed by atoms with van der Waals surface area (Å²) in [6.45, 7) is -0.103. The highest BCUT2D eigenvalue weighted by Gasteiger charge is 2.37. The second-order valence-electron chi connectivity index (χ2n) is 6.56. The normalized spacial score (nSPS) is 14.3. The minimum absolute atomic E-state index is 0.0629. The highest BCUT2D eigenvalue weighted by Crippen LogP contribution is 2.35. The minimum Gasteiger partial charge on any atom is -0.330 e. The van der Waals surface area contributed by atoms with Crippen LogP contribution in [0.4, 0.5) is 13.2 Å². The molecule has 3 aromatic rings. The van der Waals surface area contributed by atoms with Crippen molar-refractivity contribution in [3.8, 4) is 0 Å². The van der Waals surface area contributed by atoms with Crippen LogP contribution in [0.5, 0.6) is 0 Å². The molecule has 4 rings (SSSR count). The summed E-state index contributed by atoms with van der Waals surface area (Å²) in [5.74, 6) is -0.396.